The molecule has 0 spiro atoms. The number of esters is 1. The van der Waals surface area contributed by atoms with Gasteiger partial charge < -0.3 is 15.8 Å². The number of rotatable bonds is 3. The van der Waals surface area contributed by atoms with E-state index >= 15 is 0 Å². The second-order valence-electron chi connectivity index (χ2n) is 6.28. The minimum Gasteiger partial charge on any atom is -0.465 e. The summed E-state index contributed by atoms with van der Waals surface area (Å²) < 4.78 is 4.74. The molecule has 8 heteroatoms. The average Bonchev–Trinajstić information content (AvgIpc) is 2.96. The first-order valence-electron chi connectivity index (χ1n) is 8.38. The van der Waals surface area contributed by atoms with Gasteiger partial charge in [-0.3, -0.25) is 15.2 Å². The van der Waals surface area contributed by atoms with E-state index in [0.717, 1.165) is 22.7 Å². The number of nitrogens with zero attached hydrogens (tertiary/aromatic N) is 1. The summed E-state index contributed by atoms with van der Waals surface area (Å²) in [7, 11) is 1.29. The van der Waals surface area contributed by atoms with E-state index in [4.69, 9.17) is 15.9 Å². The van der Waals surface area contributed by atoms with Crippen LogP contribution in [-0.2, 0) is 14.4 Å². The van der Waals surface area contributed by atoms with Gasteiger partial charge in [0.1, 0.15) is 0 Å². The van der Waals surface area contributed by atoms with Crippen LogP contribution >= 0.6 is 11.8 Å². The summed E-state index contributed by atoms with van der Waals surface area (Å²) in [6.45, 7) is 0. The minimum absolute atomic E-state index is 0.139. The molecule has 4 N–H and O–H groups in total. The number of nitrogens with one attached hydrogen (secondary N) is 2. The number of pyridine rings is 1. The largest absolute Gasteiger partial charge is 0.465 e. The van der Waals surface area contributed by atoms with Crippen LogP contribution in [-0.4, -0.2) is 29.0 Å². The second kappa shape index (κ2) is 6.74. The zero-order valence-corrected chi connectivity index (χ0v) is 15.7. The van der Waals surface area contributed by atoms with Gasteiger partial charge in [0.2, 0.25) is 0 Å². The van der Waals surface area contributed by atoms with E-state index in [1.165, 1.54) is 13.2 Å². The quantitative estimate of drug-likeness (QED) is 0.273. The number of nitrogens with two attached hydrogens (primary N) is 1. The molecule has 1 aliphatic heterocycles. The third-order valence-corrected chi connectivity index (χ3v) is 5.72. The summed E-state index contributed by atoms with van der Waals surface area (Å²) in [4.78, 5) is 27.2. The van der Waals surface area contributed by atoms with Crippen molar-refractivity contribution in [2.45, 2.75) is 4.87 Å². The van der Waals surface area contributed by atoms with E-state index < -0.39 is 16.7 Å². The fourth-order valence-corrected chi connectivity index (χ4v) is 4.07. The molecule has 0 bridgehead atoms. The van der Waals surface area contributed by atoms with Crippen molar-refractivity contribution in [3.05, 3.63) is 71.4 Å². The fraction of sp³-hybridized carbons (Fsp3) is 0.100. The van der Waals surface area contributed by atoms with Gasteiger partial charge in [-0.05, 0) is 36.4 Å². The Morgan fingerprint density at radius 1 is 1.21 bits per heavy atom. The topological polar surface area (TPSA) is 118 Å². The number of methoxy groups -OCH3 is 1. The number of hydrogen-bond donors (Lipinski definition) is 3. The molecule has 2 aromatic carbocycles. The Morgan fingerprint density at radius 3 is 2.79 bits per heavy atom. The van der Waals surface area contributed by atoms with Crippen LogP contribution in [0.25, 0.3) is 10.9 Å². The number of benzene rings is 2. The van der Waals surface area contributed by atoms with E-state index in [0.29, 0.717) is 16.8 Å². The Kier molecular flexibility index (Phi) is 4.37. The summed E-state index contributed by atoms with van der Waals surface area (Å²) in [5.74, 6) is -0.965. The molecule has 0 saturated carbocycles. The van der Waals surface area contributed by atoms with E-state index in [2.05, 4.69) is 10.3 Å². The molecule has 1 atom stereocenters. The van der Waals surface area contributed by atoms with Crippen molar-refractivity contribution >= 4 is 45.3 Å². The Labute approximate surface area is 164 Å². The number of aromatic nitrogens is 1. The Bertz CT molecular complexity index is 1150. The highest BCUT2D eigenvalue weighted by Crippen LogP contribution is 2.43. The molecule has 28 heavy (non-hydrogen) atoms. The van der Waals surface area contributed by atoms with Crippen LogP contribution in [0.3, 0.4) is 0 Å². The zero-order valence-electron chi connectivity index (χ0n) is 14.9. The second-order valence-corrected chi connectivity index (χ2v) is 7.54. The summed E-state index contributed by atoms with van der Waals surface area (Å²) >= 11 is 0.927. The number of amides is 1. The van der Waals surface area contributed by atoms with Crippen molar-refractivity contribution in [1.29, 1.82) is 5.41 Å². The maximum Gasteiger partial charge on any atom is 0.337 e. The maximum absolute atomic E-state index is 12.6. The van der Waals surface area contributed by atoms with E-state index in [1.807, 2.05) is 24.3 Å². The minimum atomic E-state index is -1.53. The van der Waals surface area contributed by atoms with Gasteiger partial charge in [0.25, 0.3) is 5.91 Å². The molecule has 2 heterocycles. The molecule has 1 aliphatic rings. The van der Waals surface area contributed by atoms with Crippen LogP contribution in [0, 0.1) is 5.41 Å². The van der Waals surface area contributed by atoms with Crippen molar-refractivity contribution in [1.82, 2.24) is 4.98 Å². The zero-order chi connectivity index (χ0) is 19.9. The van der Waals surface area contributed by atoms with E-state index in [9.17, 15) is 9.59 Å². The molecule has 7 nitrogen and oxygen atoms in total. The first-order chi connectivity index (χ1) is 13.4. The van der Waals surface area contributed by atoms with Crippen LogP contribution in [0.4, 0.5) is 5.69 Å². The number of carbonyl (C=O) groups excluding carboxylic acids is 2. The van der Waals surface area contributed by atoms with Crippen molar-refractivity contribution < 1.29 is 14.3 Å². The fourth-order valence-electron chi connectivity index (χ4n) is 3.08. The standard InChI is InChI=1S/C20H16N4O3S/c1-27-18(25)13-5-7-16-14(10-13)20(22,19(26)24-16)28-17(21)12-4-6-15-11(9-12)3-2-8-23-15/h2-10,21H,22H2,1H3,(H,24,26). The van der Waals surface area contributed by atoms with Crippen molar-refractivity contribution in [3.63, 3.8) is 0 Å². The molecule has 140 valence electrons. The monoisotopic (exact) mass is 392 g/mol. The highest BCUT2D eigenvalue weighted by molar-refractivity contribution is 8.15. The Morgan fingerprint density at radius 2 is 2.00 bits per heavy atom. The molecule has 1 aromatic heterocycles. The first kappa shape index (κ1) is 18.1. The molecule has 1 amide bonds. The Balaban J connectivity index is 1.69. The summed E-state index contributed by atoms with van der Waals surface area (Å²) in [6.07, 6.45) is 1.70. The number of ether oxygens (including phenoxy) is 1. The summed E-state index contributed by atoms with van der Waals surface area (Å²) in [6, 6.07) is 13.9. The summed E-state index contributed by atoms with van der Waals surface area (Å²) in [5, 5.41) is 12.2. The number of hydrogen-bond acceptors (Lipinski definition) is 7. The first-order valence-corrected chi connectivity index (χ1v) is 9.20. The number of fused-ring (bicyclic) bond motifs is 2. The molecule has 1 unspecified atom stereocenters. The van der Waals surface area contributed by atoms with Gasteiger partial charge in [0.05, 0.1) is 23.2 Å². The van der Waals surface area contributed by atoms with Crippen LogP contribution in [0.2, 0.25) is 0 Å². The van der Waals surface area contributed by atoms with Gasteiger partial charge in [-0.2, -0.15) is 0 Å². The van der Waals surface area contributed by atoms with Gasteiger partial charge in [0.15, 0.2) is 4.87 Å². The van der Waals surface area contributed by atoms with Crippen LogP contribution in [0.5, 0.6) is 0 Å². The van der Waals surface area contributed by atoms with Crippen molar-refractivity contribution in [3.8, 4) is 0 Å². The van der Waals surface area contributed by atoms with Gasteiger partial charge in [0, 0.05) is 28.4 Å². The van der Waals surface area contributed by atoms with Crippen LogP contribution in [0.15, 0.2) is 54.7 Å². The predicted octanol–water partition coefficient (Wildman–Crippen LogP) is 2.84. The lowest BCUT2D eigenvalue weighted by Crippen LogP contribution is -2.41. The predicted molar refractivity (Wildman–Crippen MR) is 108 cm³/mol. The number of thioether (sulfide) groups is 1. The lowest BCUT2D eigenvalue weighted by molar-refractivity contribution is -0.117. The lowest BCUT2D eigenvalue weighted by Gasteiger charge is -2.22. The van der Waals surface area contributed by atoms with Crippen molar-refractivity contribution in [2.24, 2.45) is 5.73 Å². The van der Waals surface area contributed by atoms with Gasteiger partial charge in [-0.25, -0.2) is 4.79 Å². The molecule has 0 saturated heterocycles. The van der Waals surface area contributed by atoms with Gasteiger partial charge in [-0.1, -0.05) is 23.9 Å². The van der Waals surface area contributed by atoms with Crippen LogP contribution in [0.1, 0.15) is 21.5 Å². The summed E-state index contributed by atoms with van der Waals surface area (Å²) in [5.41, 5.74) is 9.11. The van der Waals surface area contributed by atoms with E-state index in [1.54, 1.807) is 24.4 Å². The molecule has 4 rings (SSSR count). The highest BCUT2D eigenvalue weighted by atomic mass is 32.2. The smallest absolute Gasteiger partial charge is 0.337 e. The molecule has 0 radical (unpaired) electrons. The third kappa shape index (κ3) is 2.92. The molecule has 0 fully saturated rings. The van der Waals surface area contributed by atoms with Crippen LogP contribution < -0.4 is 11.1 Å². The average molecular weight is 392 g/mol. The maximum atomic E-state index is 12.6. The Hall–Kier alpha value is -3.23. The number of anilines is 1. The molecular weight excluding hydrogens is 376 g/mol. The lowest BCUT2D eigenvalue weighted by atomic mass is 10.0. The third-order valence-electron chi connectivity index (χ3n) is 4.55. The van der Waals surface area contributed by atoms with E-state index in [-0.39, 0.29) is 10.6 Å². The molecule has 3 aromatic rings. The molecule has 0 aliphatic carbocycles. The van der Waals surface area contributed by atoms with Crippen molar-refractivity contribution in [2.75, 3.05) is 12.4 Å². The number of carbonyl (C=O) groups is 2. The highest BCUT2D eigenvalue weighted by Gasteiger charge is 2.46. The van der Waals surface area contributed by atoms with Gasteiger partial charge >= 0.3 is 5.97 Å². The molecular formula is C20H16N4O3S. The SMILES string of the molecule is COC(=O)c1ccc2c(c1)C(N)(SC(=N)c1ccc3ncccc3c1)C(=O)N2. The normalized spacial score (nSPS) is 17.9. The van der Waals surface area contributed by atoms with Gasteiger partial charge in [-0.15, -0.1) is 0 Å².